The number of benzene rings is 1. The Morgan fingerprint density at radius 2 is 1.05 bits per heavy atom. The highest BCUT2D eigenvalue weighted by atomic mass is 16.2. The summed E-state index contributed by atoms with van der Waals surface area (Å²) in [5.74, 6) is -4.51. The van der Waals surface area contributed by atoms with Crippen LogP contribution in [-0.4, -0.2) is 165 Å². The second-order valence-corrected chi connectivity index (χ2v) is 14.3. The van der Waals surface area contributed by atoms with E-state index in [1.807, 2.05) is 30.3 Å². The van der Waals surface area contributed by atoms with Crippen molar-refractivity contribution in [3.8, 4) is 0 Å². The first kappa shape index (κ1) is 53.1. The minimum absolute atomic E-state index is 0.00507. The maximum absolute atomic E-state index is 13.5. The summed E-state index contributed by atoms with van der Waals surface area (Å²) in [6.45, 7) is 0.132. The first-order valence-electron chi connectivity index (χ1n) is 20.2. The van der Waals surface area contributed by atoms with Gasteiger partial charge in [-0.3, -0.25) is 43.3 Å². The van der Waals surface area contributed by atoms with Crippen molar-refractivity contribution in [2.45, 2.75) is 70.0 Å². The molecule has 0 unspecified atom stereocenters. The van der Waals surface area contributed by atoms with E-state index in [1.165, 1.54) is 16.7 Å². The highest BCUT2D eigenvalue weighted by Gasteiger charge is 2.27. The van der Waals surface area contributed by atoms with E-state index in [0.717, 1.165) is 10.5 Å². The summed E-state index contributed by atoms with van der Waals surface area (Å²) in [6, 6.07) is 6.15. The highest BCUT2D eigenvalue weighted by Crippen LogP contribution is 2.06. The van der Waals surface area contributed by atoms with Crippen LogP contribution in [0.5, 0.6) is 0 Å². The summed E-state index contributed by atoms with van der Waals surface area (Å²) in [5, 5.41) is 10.4. The maximum Gasteiger partial charge on any atom is 0.240 e. The zero-order valence-corrected chi connectivity index (χ0v) is 35.2. The molecule has 0 heterocycles. The monoisotopic (exact) mass is 862 g/mol. The molecular weight excluding hydrogens is 795 g/mol. The number of primary amides is 1. The third kappa shape index (κ3) is 24.1. The van der Waals surface area contributed by atoms with Crippen LogP contribution in [0.25, 0.3) is 0 Å². The number of nitrogens with two attached hydrogens (primary N) is 7. The highest BCUT2D eigenvalue weighted by molar-refractivity contribution is 5.89. The van der Waals surface area contributed by atoms with Crippen molar-refractivity contribution in [2.75, 3.05) is 78.5 Å². The molecule has 23 nitrogen and oxygen atoms in total. The summed E-state index contributed by atoms with van der Waals surface area (Å²) >= 11 is 0. The molecule has 0 fully saturated rings. The van der Waals surface area contributed by atoms with E-state index >= 15 is 0 Å². The van der Waals surface area contributed by atoms with Crippen LogP contribution in [-0.2, 0) is 44.8 Å². The molecule has 0 radical (unpaired) electrons. The normalized spacial score (nSPS) is 12.1. The fraction of sp³-hybridized carbons (Fsp3) is 0.605. The first-order valence-corrected chi connectivity index (χ1v) is 20.2. The summed E-state index contributed by atoms with van der Waals surface area (Å²) in [4.78, 5) is 109. The van der Waals surface area contributed by atoms with E-state index < -0.39 is 79.1 Å². The van der Waals surface area contributed by atoms with Crippen molar-refractivity contribution in [3.05, 3.63) is 35.9 Å². The molecule has 1 aromatic carbocycles. The van der Waals surface area contributed by atoms with Crippen LogP contribution in [0.1, 0.15) is 51.0 Å². The zero-order chi connectivity index (χ0) is 45.7. The molecule has 0 saturated heterocycles. The van der Waals surface area contributed by atoms with E-state index in [-0.39, 0.29) is 83.5 Å². The van der Waals surface area contributed by atoms with E-state index in [4.69, 9.17) is 40.1 Å². The van der Waals surface area contributed by atoms with Crippen LogP contribution in [0, 0.1) is 0 Å². The van der Waals surface area contributed by atoms with Gasteiger partial charge in [-0.15, -0.1) is 0 Å². The van der Waals surface area contributed by atoms with Gasteiger partial charge < -0.3 is 76.1 Å². The molecule has 1 aromatic rings. The lowest BCUT2D eigenvalue weighted by Crippen LogP contribution is -2.53. The molecule has 0 aliphatic rings. The minimum atomic E-state index is -1.03. The predicted octanol–water partition coefficient (Wildman–Crippen LogP) is -5.76. The molecule has 0 aliphatic heterocycles. The predicted molar refractivity (Wildman–Crippen MR) is 228 cm³/mol. The molecule has 0 spiro atoms. The Hall–Kier alpha value is -5.91. The smallest absolute Gasteiger partial charge is 0.240 e. The molecule has 0 saturated carbocycles. The molecule has 3 atom stereocenters. The number of guanidine groups is 1. The molecule has 1 rings (SSSR count). The van der Waals surface area contributed by atoms with Gasteiger partial charge in [-0.2, -0.15) is 0 Å². The largest absolute Gasteiger partial charge is 0.370 e. The van der Waals surface area contributed by atoms with Gasteiger partial charge in [-0.25, -0.2) is 0 Å². The second kappa shape index (κ2) is 30.2. The van der Waals surface area contributed by atoms with Crippen molar-refractivity contribution in [1.29, 1.82) is 0 Å². The Kier molecular flexibility index (Phi) is 26.3. The molecule has 342 valence electrons. The van der Waals surface area contributed by atoms with E-state index in [2.05, 4.69) is 26.3 Å². The van der Waals surface area contributed by atoms with Crippen LogP contribution in [0.3, 0.4) is 0 Å². The van der Waals surface area contributed by atoms with Crippen molar-refractivity contribution in [1.82, 2.24) is 36.0 Å². The summed E-state index contributed by atoms with van der Waals surface area (Å²) < 4.78 is 0. The van der Waals surface area contributed by atoms with E-state index in [0.29, 0.717) is 32.2 Å². The SMILES string of the molecule is CC(=O)NCCN(CC(=O)NCCN(CC(=O)NCCN(CC(=O)NCCC(N)=O)C(=O)[C@@H](N)CCCN=C(N)N)C(=O)[C@@H](N)CCCCN)C(=O)[C@@H](N)Cc1ccccc1. The molecule has 23 heteroatoms. The number of rotatable bonds is 31. The van der Waals surface area contributed by atoms with Crippen LogP contribution in [0.2, 0.25) is 0 Å². The van der Waals surface area contributed by atoms with E-state index in [9.17, 15) is 38.4 Å². The fourth-order valence-electron chi connectivity index (χ4n) is 5.78. The molecule has 0 aromatic heterocycles. The third-order valence-electron chi connectivity index (χ3n) is 8.98. The minimum Gasteiger partial charge on any atom is -0.370 e. The number of nitrogens with zero attached hydrogens (tertiary/aromatic N) is 4. The number of hydrogen-bond acceptors (Lipinski definition) is 13. The zero-order valence-electron chi connectivity index (χ0n) is 35.2. The number of carbonyl (C=O) groups excluding carboxylic acids is 8. The molecule has 0 bridgehead atoms. The van der Waals surface area contributed by atoms with Crippen LogP contribution in [0.4, 0.5) is 0 Å². The summed E-state index contributed by atoms with van der Waals surface area (Å²) in [5.41, 5.74) is 40.8. The molecule has 18 N–H and O–H groups in total. The Labute approximate surface area is 356 Å². The first-order chi connectivity index (χ1) is 28.9. The standard InChI is InChI=1S/C38H67N15O8/c1-26(54)46-16-19-53(37(61)30(42)22-27-8-3-2-4-9-27)25-34(58)49-18-21-52(35(59)28(40)10-5-6-13-39)24-33(57)48-17-20-51(23-32(56)47-15-12-31(43)55)36(60)29(41)11-7-14-50-38(44)45/h2-4,8-9,28-30H,5-7,10-25,39-42H2,1H3,(H2,43,55)(H,46,54)(H,47,56)(H,48,57)(H,49,58)(H4,44,45,50)/t28-,29-,30-/m0/s1. The Balaban J connectivity index is 3.01. The average molecular weight is 862 g/mol. The van der Waals surface area contributed by atoms with Gasteiger partial charge >= 0.3 is 0 Å². The molecular formula is C38H67N15O8. The van der Waals surface area contributed by atoms with Gasteiger partial charge in [0.15, 0.2) is 5.96 Å². The lowest BCUT2D eigenvalue weighted by molar-refractivity contribution is -0.138. The lowest BCUT2D eigenvalue weighted by atomic mass is 10.1. The fourth-order valence-corrected chi connectivity index (χ4v) is 5.78. The Morgan fingerprint density at radius 3 is 1.49 bits per heavy atom. The number of aliphatic imine (C=N–C) groups is 1. The second-order valence-electron chi connectivity index (χ2n) is 14.3. The van der Waals surface area contributed by atoms with Gasteiger partial charge in [0.25, 0.3) is 0 Å². The number of amides is 8. The number of nitrogens with one attached hydrogen (secondary N) is 4. The van der Waals surface area contributed by atoms with E-state index in [1.54, 1.807) is 0 Å². The average Bonchev–Trinajstić information content (AvgIpc) is 3.20. The van der Waals surface area contributed by atoms with Crippen molar-refractivity contribution in [3.63, 3.8) is 0 Å². The van der Waals surface area contributed by atoms with Crippen molar-refractivity contribution in [2.24, 2.45) is 45.1 Å². The summed E-state index contributed by atoms with van der Waals surface area (Å²) in [7, 11) is 0. The van der Waals surface area contributed by atoms with Gasteiger partial charge in [-0.05, 0) is 44.2 Å². The van der Waals surface area contributed by atoms with Gasteiger partial charge in [0.1, 0.15) is 0 Å². The lowest BCUT2D eigenvalue weighted by Gasteiger charge is -2.27. The molecule has 0 aliphatic carbocycles. The van der Waals surface area contributed by atoms with Crippen molar-refractivity contribution >= 4 is 53.2 Å². The van der Waals surface area contributed by atoms with Gasteiger partial charge in [0, 0.05) is 65.7 Å². The summed E-state index contributed by atoms with van der Waals surface area (Å²) in [6.07, 6.45) is 2.15. The Bertz CT molecular complexity index is 1600. The van der Waals surface area contributed by atoms with Crippen LogP contribution < -0.4 is 61.4 Å². The number of carbonyl (C=O) groups is 8. The molecule has 61 heavy (non-hydrogen) atoms. The third-order valence-corrected chi connectivity index (χ3v) is 8.98. The maximum atomic E-state index is 13.5. The van der Waals surface area contributed by atoms with Gasteiger partial charge in [0.2, 0.25) is 47.3 Å². The van der Waals surface area contributed by atoms with Gasteiger partial charge in [-0.1, -0.05) is 36.8 Å². The van der Waals surface area contributed by atoms with Crippen LogP contribution >= 0.6 is 0 Å². The molecule has 8 amide bonds. The Morgan fingerprint density at radius 1 is 0.607 bits per heavy atom. The van der Waals surface area contributed by atoms with Gasteiger partial charge in [0.05, 0.1) is 37.8 Å². The quantitative estimate of drug-likeness (QED) is 0.0188. The topological polar surface area (TPSA) is 389 Å². The van der Waals surface area contributed by atoms with Crippen molar-refractivity contribution < 1.29 is 38.4 Å². The number of hydrogen-bond donors (Lipinski definition) is 11. The van der Waals surface area contributed by atoms with Crippen LogP contribution in [0.15, 0.2) is 35.3 Å². The number of unbranched alkanes of at least 4 members (excludes halogenated alkanes) is 1.